The number of hydrogen-bond acceptors (Lipinski definition) is 3. The molecule has 0 aliphatic carbocycles. The molecule has 0 spiro atoms. The Morgan fingerprint density at radius 3 is 2.58 bits per heavy atom. The van der Waals surface area contributed by atoms with E-state index in [1.165, 1.54) is 6.42 Å². The van der Waals surface area contributed by atoms with Crippen molar-refractivity contribution in [1.29, 1.82) is 0 Å². The van der Waals surface area contributed by atoms with E-state index in [1.807, 2.05) is 25.7 Å². The fraction of sp³-hybridized carbons (Fsp3) is 0.933. The van der Waals surface area contributed by atoms with E-state index in [0.29, 0.717) is 11.8 Å². The molecule has 0 aromatic heterocycles. The van der Waals surface area contributed by atoms with Crippen LogP contribution in [0.15, 0.2) is 0 Å². The number of piperidine rings is 1. The lowest BCUT2D eigenvalue weighted by molar-refractivity contribution is 0.0156. The first kappa shape index (κ1) is 16.3. The molecule has 2 N–H and O–H groups in total. The number of hydrogen-bond donors (Lipinski definition) is 1. The average molecular weight is 270 g/mol. The van der Waals surface area contributed by atoms with E-state index in [2.05, 4.69) is 13.8 Å². The van der Waals surface area contributed by atoms with Crippen LogP contribution in [0.2, 0.25) is 0 Å². The Labute approximate surface area is 117 Å². The van der Waals surface area contributed by atoms with Crippen molar-refractivity contribution in [3.8, 4) is 0 Å². The summed E-state index contributed by atoms with van der Waals surface area (Å²) in [6.07, 6.45) is 3.03. The van der Waals surface area contributed by atoms with Crippen LogP contribution >= 0.6 is 0 Å². The SMILES string of the molecule is CC(C)C(N)CC1CCCN(C(=O)OC(C)(C)C)C1. The van der Waals surface area contributed by atoms with Crippen molar-refractivity contribution in [2.45, 2.75) is 65.5 Å². The van der Waals surface area contributed by atoms with Crippen LogP contribution in [0.25, 0.3) is 0 Å². The number of nitrogens with zero attached hydrogens (tertiary/aromatic N) is 1. The van der Waals surface area contributed by atoms with Gasteiger partial charge >= 0.3 is 6.09 Å². The third-order valence-electron chi connectivity index (χ3n) is 3.63. The Bertz CT molecular complexity index is 297. The van der Waals surface area contributed by atoms with E-state index in [9.17, 15) is 4.79 Å². The normalized spacial score (nSPS) is 22.5. The number of carbonyl (C=O) groups excluding carboxylic acids is 1. The van der Waals surface area contributed by atoms with Crippen LogP contribution in [-0.4, -0.2) is 35.7 Å². The van der Waals surface area contributed by atoms with Crippen LogP contribution in [0.1, 0.15) is 53.9 Å². The van der Waals surface area contributed by atoms with Gasteiger partial charge in [-0.05, 0) is 51.9 Å². The van der Waals surface area contributed by atoms with Crippen molar-refractivity contribution in [3.63, 3.8) is 0 Å². The molecule has 1 amide bonds. The smallest absolute Gasteiger partial charge is 0.410 e. The van der Waals surface area contributed by atoms with Crippen LogP contribution in [0.3, 0.4) is 0 Å². The van der Waals surface area contributed by atoms with Crippen molar-refractivity contribution >= 4 is 6.09 Å². The van der Waals surface area contributed by atoms with Crippen molar-refractivity contribution in [2.24, 2.45) is 17.6 Å². The quantitative estimate of drug-likeness (QED) is 0.857. The first-order chi connectivity index (χ1) is 8.69. The molecule has 0 aromatic rings. The van der Waals surface area contributed by atoms with Gasteiger partial charge in [0, 0.05) is 19.1 Å². The van der Waals surface area contributed by atoms with E-state index in [-0.39, 0.29) is 12.1 Å². The maximum atomic E-state index is 12.1. The monoisotopic (exact) mass is 270 g/mol. The summed E-state index contributed by atoms with van der Waals surface area (Å²) in [7, 11) is 0. The molecule has 1 saturated heterocycles. The van der Waals surface area contributed by atoms with Gasteiger partial charge in [0.05, 0.1) is 0 Å². The third kappa shape index (κ3) is 5.81. The van der Waals surface area contributed by atoms with Gasteiger partial charge in [-0.3, -0.25) is 0 Å². The third-order valence-corrected chi connectivity index (χ3v) is 3.63. The van der Waals surface area contributed by atoms with Crippen molar-refractivity contribution in [2.75, 3.05) is 13.1 Å². The summed E-state index contributed by atoms with van der Waals surface area (Å²) < 4.78 is 5.43. The fourth-order valence-electron chi connectivity index (χ4n) is 2.41. The van der Waals surface area contributed by atoms with Crippen molar-refractivity contribution < 1.29 is 9.53 Å². The van der Waals surface area contributed by atoms with Crippen LogP contribution in [0.4, 0.5) is 4.79 Å². The van der Waals surface area contributed by atoms with Crippen LogP contribution in [0.5, 0.6) is 0 Å². The molecule has 1 fully saturated rings. The molecule has 1 heterocycles. The number of amides is 1. The van der Waals surface area contributed by atoms with Gasteiger partial charge in [0.25, 0.3) is 0 Å². The van der Waals surface area contributed by atoms with Gasteiger partial charge in [-0.2, -0.15) is 0 Å². The lowest BCUT2D eigenvalue weighted by Crippen LogP contribution is -2.44. The maximum Gasteiger partial charge on any atom is 0.410 e. The fourth-order valence-corrected chi connectivity index (χ4v) is 2.41. The van der Waals surface area contributed by atoms with Crippen LogP contribution in [-0.2, 0) is 4.74 Å². The Balaban J connectivity index is 2.48. The summed E-state index contributed by atoms with van der Waals surface area (Å²) >= 11 is 0. The van der Waals surface area contributed by atoms with Gasteiger partial charge in [0.2, 0.25) is 0 Å². The largest absolute Gasteiger partial charge is 0.444 e. The summed E-state index contributed by atoms with van der Waals surface area (Å²) in [6.45, 7) is 11.6. The Morgan fingerprint density at radius 1 is 1.42 bits per heavy atom. The standard InChI is InChI=1S/C15H30N2O2/c1-11(2)13(16)9-12-7-6-8-17(10-12)14(18)19-15(3,4)5/h11-13H,6-10,16H2,1-5H3. The highest BCUT2D eigenvalue weighted by atomic mass is 16.6. The second-order valence-corrected chi connectivity index (χ2v) is 7.08. The van der Waals surface area contributed by atoms with E-state index >= 15 is 0 Å². The van der Waals surface area contributed by atoms with Gasteiger partial charge in [-0.1, -0.05) is 13.8 Å². The zero-order valence-electron chi connectivity index (χ0n) is 13.1. The van der Waals surface area contributed by atoms with Gasteiger partial charge in [0.15, 0.2) is 0 Å². The molecule has 0 radical (unpaired) electrons. The molecule has 1 aliphatic rings. The van der Waals surface area contributed by atoms with Gasteiger partial charge in [-0.25, -0.2) is 4.79 Å². The predicted molar refractivity (Wildman–Crippen MR) is 78.0 cm³/mol. The zero-order valence-corrected chi connectivity index (χ0v) is 13.1. The highest BCUT2D eigenvalue weighted by Gasteiger charge is 2.28. The summed E-state index contributed by atoms with van der Waals surface area (Å²) in [5.41, 5.74) is 5.72. The maximum absolute atomic E-state index is 12.1. The number of likely N-dealkylation sites (tertiary alicyclic amines) is 1. The molecule has 2 atom stereocenters. The predicted octanol–water partition coefficient (Wildman–Crippen LogP) is 3.01. The summed E-state index contributed by atoms with van der Waals surface area (Å²) in [5.74, 6) is 1.01. The molecule has 0 aromatic carbocycles. The number of nitrogens with two attached hydrogens (primary N) is 1. The molecule has 112 valence electrons. The van der Waals surface area contributed by atoms with Crippen molar-refractivity contribution in [3.05, 3.63) is 0 Å². The van der Waals surface area contributed by atoms with Crippen LogP contribution in [0, 0.1) is 11.8 Å². The molecule has 2 unspecified atom stereocenters. The second kappa shape index (κ2) is 6.60. The summed E-state index contributed by atoms with van der Waals surface area (Å²) in [4.78, 5) is 13.9. The highest BCUT2D eigenvalue weighted by Crippen LogP contribution is 2.24. The minimum Gasteiger partial charge on any atom is -0.444 e. The lowest BCUT2D eigenvalue weighted by Gasteiger charge is -2.35. The topological polar surface area (TPSA) is 55.6 Å². The van der Waals surface area contributed by atoms with E-state index in [1.54, 1.807) is 0 Å². The van der Waals surface area contributed by atoms with E-state index < -0.39 is 5.60 Å². The first-order valence-corrected chi connectivity index (χ1v) is 7.42. The molecule has 4 nitrogen and oxygen atoms in total. The van der Waals surface area contributed by atoms with Gasteiger partial charge < -0.3 is 15.4 Å². The average Bonchev–Trinajstić information content (AvgIpc) is 2.27. The van der Waals surface area contributed by atoms with Crippen molar-refractivity contribution in [1.82, 2.24) is 4.90 Å². The van der Waals surface area contributed by atoms with Crippen LogP contribution < -0.4 is 5.73 Å². The molecular weight excluding hydrogens is 240 g/mol. The Morgan fingerprint density at radius 2 is 2.05 bits per heavy atom. The molecular formula is C15H30N2O2. The summed E-state index contributed by atoms with van der Waals surface area (Å²) in [6, 6.07) is 0.226. The number of ether oxygens (including phenoxy) is 1. The second-order valence-electron chi connectivity index (χ2n) is 7.08. The molecule has 19 heavy (non-hydrogen) atoms. The molecule has 1 aliphatic heterocycles. The Kier molecular flexibility index (Phi) is 5.65. The highest BCUT2D eigenvalue weighted by molar-refractivity contribution is 5.68. The number of carbonyl (C=O) groups is 1. The van der Waals surface area contributed by atoms with E-state index in [4.69, 9.17) is 10.5 Å². The minimum atomic E-state index is -0.418. The lowest BCUT2D eigenvalue weighted by atomic mass is 9.88. The zero-order chi connectivity index (χ0) is 14.6. The molecule has 1 rings (SSSR count). The van der Waals surface area contributed by atoms with Gasteiger partial charge in [0.1, 0.15) is 5.60 Å². The molecule has 0 bridgehead atoms. The molecule has 0 saturated carbocycles. The number of rotatable bonds is 3. The summed E-state index contributed by atoms with van der Waals surface area (Å²) in [5, 5.41) is 0. The van der Waals surface area contributed by atoms with Gasteiger partial charge in [-0.15, -0.1) is 0 Å². The Hall–Kier alpha value is -0.770. The minimum absolute atomic E-state index is 0.185. The molecule has 4 heteroatoms. The van der Waals surface area contributed by atoms with E-state index in [0.717, 1.165) is 25.9 Å². The first-order valence-electron chi connectivity index (χ1n) is 7.42.